The Labute approximate surface area is 138 Å². The van der Waals surface area contributed by atoms with Gasteiger partial charge in [-0.1, -0.05) is 30.3 Å². The first-order valence-corrected chi connectivity index (χ1v) is 8.05. The number of β-amino-alcohol motifs (C(OH)–C–C–N with tert-alkyl or cyclic N) is 1. The zero-order valence-corrected chi connectivity index (χ0v) is 13.9. The molecule has 2 aromatic rings. The van der Waals surface area contributed by atoms with Gasteiger partial charge in [-0.3, -0.25) is 4.98 Å². The van der Waals surface area contributed by atoms with Gasteiger partial charge in [0.25, 0.3) is 0 Å². The Balaban J connectivity index is 1.68. The molecule has 4 heteroatoms. The van der Waals surface area contributed by atoms with Gasteiger partial charge in [-0.2, -0.15) is 0 Å². The highest BCUT2D eigenvalue weighted by molar-refractivity contribution is 5.16. The highest BCUT2D eigenvalue weighted by atomic mass is 16.5. The van der Waals surface area contributed by atoms with E-state index in [0.717, 1.165) is 12.8 Å². The summed E-state index contributed by atoms with van der Waals surface area (Å²) in [6, 6.07) is 14.1. The molecule has 2 N–H and O–H groups in total. The standard InChI is InChI=1S/C19H26N2O2/c1-19(2,11-10-16-7-4-3-5-8-16)21-13-17(22)15-23-18-9-6-12-20-14-18/h3-9,12,14,17,21-22H,10-11,13,15H2,1-2H3. The minimum atomic E-state index is -0.550. The van der Waals surface area contributed by atoms with E-state index >= 15 is 0 Å². The van der Waals surface area contributed by atoms with Crippen LogP contribution in [0, 0.1) is 0 Å². The van der Waals surface area contributed by atoms with Gasteiger partial charge in [0.1, 0.15) is 18.5 Å². The van der Waals surface area contributed by atoms with Crippen LogP contribution in [0.25, 0.3) is 0 Å². The molecule has 4 nitrogen and oxygen atoms in total. The number of hydrogen-bond acceptors (Lipinski definition) is 4. The molecule has 1 aromatic carbocycles. The quantitative estimate of drug-likeness (QED) is 0.747. The molecule has 2 rings (SSSR count). The highest BCUT2D eigenvalue weighted by Crippen LogP contribution is 2.13. The van der Waals surface area contributed by atoms with Gasteiger partial charge in [0, 0.05) is 18.3 Å². The number of pyridine rings is 1. The van der Waals surface area contributed by atoms with E-state index in [-0.39, 0.29) is 12.1 Å². The number of nitrogens with zero attached hydrogens (tertiary/aromatic N) is 1. The zero-order chi connectivity index (χ0) is 16.5. The molecule has 0 saturated heterocycles. The Hall–Kier alpha value is -1.91. The maximum absolute atomic E-state index is 10.1. The number of aromatic nitrogens is 1. The largest absolute Gasteiger partial charge is 0.489 e. The molecule has 1 atom stereocenters. The second kappa shape index (κ2) is 8.65. The molecule has 0 radical (unpaired) electrons. The molecule has 0 amide bonds. The van der Waals surface area contributed by atoms with Crippen molar-refractivity contribution < 1.29 is 9.84 Å². The molecule has 0 saturated carbocycles. The molecular weight excluding hydrogens is 288 g/mol. The Kier molecular flexibility index (Phi) is 6.56. The summed E-state index contributed by atoms with van der Waals surface area (Å²) < 4.78 is 5.51. The molecule has 0 aliphatic carbocycles. The average molecular weight is 314 g/mol. The van der Waals surface area contributed by atoms with Crippen LogP contribution in [-0.2, 0) is 6.42 Å². The van der Waals surface area contributed by atoms with E-state index in [1.165, 1.54) is 5.56 Å². The van der Waals surface area contributed by atoms with Gasteiger partial charge < -0.3 is 15.2 Å². The van der Waals surface area contributed by atoms with E-state index in [1.54, 1.807) is 12.4 Å². The van der Waals surface area contributed by atoms with E-state index in [2.05, 4.69) is 48.4 Å². The first-order chi connectivity index (χ1) is 11.1. The number of nitrogens with one attached hydrogen (secondary N) is 1. The van der Waals surface area contributed by atoms with Crippen LogP contribution in [-0.4, -0.2) is 34.9 Å². The van der Waals surface area contributed by atoms with Crippen molar-refractivity contribution in [2.75, 3.05) is 13.2 Å². The molecule has 1 aromatic heterocycles. The van der Waals surface area contributed by atoms with Crippen LogP contribution in [0.15, 0.2) is 54.9 Å². The minimum Gasteiger partial charge on any atom is -0.489 e. The monoisotopic (exact) mass is 314 g/mol. The van der Waals surface area contributed by atoms with E-state index < -0.39 is 6.10 Å². The number of ether oxygens (including phenoxy) is 1. The summed E-state index contributed by atoms with van der Waals surface area (Å²) in [6.45, 7) is 5.07. The number of aliphatic hydroxyl groups excluding tert-OH is 1. The molecule has 0 aliphatic heterocycles. The molecule has 0 fully saturated rings. The number of rotatable bonds is 9. The Morgan fingerprint density at radius 1 is 1.17 bits per heavy atom. The van der Waals surface area contributed by atoms with Crippen molar-refractivity contribution in [3.8, 4) is 5.75 Å². The summed E-state index contributed by atoms with van der Waals surface area (Å²) in [7, 11) is 0. The molecule has 23 heavy (non-hydrogen) atoms. The Morgan fingerprint density at radius 2 is 1.96 bits per heavy atom. The van der Waals surface area contributed by atoms with Gasteiger partial charge in [-0.05, 0) is 44.4 Å². The van der Waals surface area contributed by atoms with E-state index in [1.807, 2.05) is 18.2 Å². The third kappa shape index (κ3) is 6.80. The fourth-order valence-corrected chi connectivity index (χ4v) is 2.27. The summed E-state index contributed by atoms with van der Waals surface area (Å²) in [5.41, 5.74) is 1.30. The van der Waals surface area contributed by atoms with Crippen LogP contribution in [0.2, 0.25) is 0 Å². The van der Waals surface area contributed by atoms with Crippen LogP contribution in [0.1, 0.15) is 25.8 Å². The van der Waals surface area contributed by atoms with Crippen LogP contribution in [0.5, 0.6) is 5.75 Å². The van der Waals surface area contributed by atoms with Gasteiger partial charge in [-0.25, -0.2) is 0 Å². The molecule has 0 aliphatic rings. The lowest BCUT2D eigenvalue weighted by Gasteiger charge is -2.28. The number of aryl methyl sites for hydroxylation is 1. The smallest absolute Gasteiger partial charge is 0.137 e. The lowest BCUT2D eigenvalue weighted by molar-refractivity contribution is 0.0980. The predicted molar refractivity (Wildman–Crippen MR) is 92.6 cm³/mol. The lowest BCUT2D eigenvalue weighted by Crippen LogP contribution is -2.45. The predicted octanol–water partition coefficient (Wildman–Crippen LogP) is 2.82. The number of benzene rings is 1. The van der Waals surface area contributed by atoms with Crippen LogP contribution in [0.4, 0.5) is 0 Å². The maximum Gasteiger partial charge on any atom is 0.137 e. The molecule has 1 unspecified atom stereocenters. The second-order valence-corrected chi connectivity index (χ2v) is 6.40. The maximum atomic E-state index is 10.1. The summed E-state index contributed by atoms with van der Waals surface area (Å²) in [5, 5.41) is 13.5. The van der Waals surface area contributed by atoms with Gasteiger partial charge >= 0.3 is 0 Å². The van der Waals surface area contributed by atoms with Gasteiger partial charge in [0.15, 0.2) is 0 Å². The van der Waals surface area contributed by atoms with Gasteiger partial charge in [-0.15, -0.1) is 0 Å². The van der Waals surface area contributed by atoms with Crippen molar-refractivity contribution in [3.05, 3.63) is 60.4 Å². The van der Waals surface area contributed by atoms with Crippen molar-refractivity contribution in [2.45, 2.75) is 38.3 Å². The van der Waals surface area contributed by atoms with Crippen molar-refractivity contribution in [3.63, 3.8) is 0 Å². The summed E-state index contributed by atoms with van der Waals surface area (Å²) >= 11 is 0. The lowest BCUT2D eigenvalue weighted by atomic mass is 9.95. The fourth-order valence-electron chi connectivity index (χ4n) is 2.27. The molecule has 1 heterocycles. The van der Waals surface area contributed by atoms with E-state index in [4.69, 9.17) is 4.74 Å². The SMILES string of the molecule is CC(C)(CCc1ccccc1)NCC(O)COc1cccnc1. The third-order valence-electron chi connectivity index (χ3n) is 3.77. The van der Waals surface area contributed by atoms with E-state index in [0.29, 0.717) is 12.3 Å². The first kappa shape index (κ1) is 17.4. The Bertz CT molecular complexity index is 558. The van der Waals surface area contributed by atoms with Gasteiger partial charge in [0.2, 0.25) is 0 Å². The molecule has 124 valence electrons. The van der Waals surface area contributed by atoms with Crippen LogP contribution < -0.4 is 10.1 Å². The van der Waals surface area contributed by atoms with E-state index in [9.17, 15) is 5.11 Å². The first-order valence-electron chi connectivity index (χ1n) is 8.05. The third-order valence-corrected chi connectivity index (χ3v) is 3.77. The number of hydrogen-bond donors (Lipinski definition) is 2. The van der Waals surface area contributed by atoms with Crippen molar-refractivity contribution in [1.29, 1.82) is 0 Å². The van der Waals surface area contributed by atoms with Crippen LogP contribution in [0.3, 0.4) is 0 Å². The molecule has 0 bridgehead atoms. The normalized spacial score (nSPS) is 12.8. The van der Waals surface area contributed by atoms with Crippen LogP contribution >= 0.6 is 0 Å². The molecule has 0 spiro atoms. The second-order valence-electron chi connectivity index (χ2n) is 6.40. The molecular formula is C19H26N2O2. The summed E-state index contributed by atoms with van der Waals surface area (Å²) in [4.78, 5) is 3.98. The van der Waals surface area contributed by atoms with Crippen molar-refractivity contribution in [2.24, 2.45) is 0 Å². The Morgan fingerprint density at radius 3 is 2.65 bits per heavy atom. The average Bonchev–Trinajstić information content (AvgIpc) is 2.58. The number of aliphatic hydroxyl groups is 1. The fraction of sp³-hybridized carbons (Fsp3) is 0.421. The van der Waals surface area contributed by atoms with Crippen molar-refractivity contribution >= 4 is 0 Å². The van der Waals surface area contributed by atoms with Gasteiger partial charge in [0.05, 0.1) is 6.20 Å². The summed E-state index contributed by atoms with van der Waals surface area (Å²) in [5.74, 6) is 0.676. The topological polar surface area (TPSA) is 54.4 Å². The summed E-state index contributed by atoms with van der Waals surface area (Å²) in [6.07, 6.45) is 4.81. The van der Waals surface area contributed by atoms with Crippen molar-refractivity contribution in [1.82, 2.24) is 10.3 Å². The minimum absolute atomic E-state index is 0.0366. The highest BCUT2D eigenvalue weighted by Gasteiger charge is 2.18. The zero-order valence-electron chi connectivity index (χ0n) is 13.9.